The summed E-state index contributed by atoms with van der Waals surface area (Å²) in [6, 6.07) is 4.07. The van der Waals surface area contributed by atoms with Gasteiger partial charge < -0.3 is 9.47 Å². The molecule has 0 N–H and O–H groups in total. The van der Waals surface area contributed by atoms with Crippen LogP contribution in [0.3, 0.4) is 0 Å². The first-order valence-corrected chi connectivity index (χ1v) is 10.3. The van der Waals surface area contributed by atoms with Crippen LogP contribution in [0.15, 0.2) is 22.7 Å². The first-order valence-electron chi connectivity index (χ1n) is 8.46. The zero-order chi connectivity index (χ0) is 17.1. The molecule has 1 fully saturated rings. The second kappa shape index (κ2) is 7.70. The van der Waals surface area contributed by atoms with Crippen molar-refractivity contribution >= 4 is 29.0 Å². The lowest BCUT2D eigenvalue weighted by Gasteiger charge is -2.34. The molecule has 3 heterocycles. The van der Waals surface area contributed by atoms with E-state index in [4.69, 9.17) is 0 Å². The highest BCUT2D eigenvalue weighted by molar-refractivity contribution is 7.99. The Hall–Kier alpha value is -1.34. The van der Waals surface area contributed by atoms with Gasteiger partial charge in [0, 0.05) is 19.6 Å². The fourth-order valence-corrected chi connectivity index (χ4v) is 4.98. The molecule has 0 aromatic carbocycles. The van der Waals surface area contributed by atoms with Crippen molar-refractivity contribution in [1.29, 1.82) is 0 Å². The Morgan fingerprint density at radius 3 is 2.71 bits per heavy atom. The van der Waals surface area contributed by atoms with Gasteiger partial charge in [-0.2, -0.15) is 0 Å². The molecule has 0 spiro atoms. The van der Waals surface area contributed by atoms with Gasteiger partial charge in [0.05, 0.1) is 10.6 Å². The fourth-order valence-electron chi connectivity index (χ4n) is 3.35. The highest BCUT2D eigenvalue weighted by Gasteiger charge is 2.25. The van der Waals surface area contributed by atoms with Gasteiger partial charge >= 0.3 is 0 Å². The van der Waals surface area contributed by atoms with Gasteiger partial charge in [0.2, 0.25) is 5.91 Å². The average molecular weight is 365 g/mol. The monoisotopic (exact) mass is 364 g/mol. The lowest BCUT2D eigenvalue weighted by atomic mass is 9.92. The summed E-state index contributed by atoms with van der Waals surface area (Å²) in [5.41, 5.74) is 0. The van der Waals surface area contributed by atoms with E-state index < -0.39 is 0 Å². The largest absolute Gasteiger partial charge is 0.341 e. The van der Waals surface area contributed by atoms with Crippen molar-refractivity contribution in [3.8, 4) is 10.7 Å². The number of amides is 1. The molecule has 0 saturated carbocycles. The van der Waals surface area contributed by atoms with Gasteiger partial charge in [-0.15, -0.1) is 21.5 Å². The van der Waals surface area contributed by atoms with Gasteiger partial charge in [-0.25, -0.2) is 0 Å². The van der Waals surface area contributed by atoms with E-state index in [1.807, 2.05) is 16.3 Å². The maximum absolute atomic E-state index is 12.5. The van der Waals surface area contributed by atoms with Crippen LogP contribution < -0.4 is 0 Å². The normalized spacial score (nSPS) is 21.2. The number of piperidine rings is 1. The summed E-state index contributed by atoms with van der Waals surface area (Å²) in [6.45, 7) is 9.10. The van der Waals surface area contributed by atoms with Gasteiger partial charge in [-0.3, -0.25) is 4.79 Å². The molecule has 1 aliphatic rings. The average Bonchev–Trinajstić information content (AvgIpc) is 3.20. The van der Waals surface area contributed by atoms with Crippen LogP contribution >= 0.6 is 23.1 Å². The smallest absolute Gasteiger partial charge is 0.233 e. The lowest BCUT2D eigenvalue weighted by Crippen LogP contribution is -2.43. The van der Waals surface area contributed by atoms with Crippen LogP contribution in [0.4, 0.5) is 0 Å². The highest BCUT2D eigenvalue weighted by atomic mass is 32.2. The molecule has 2 aromatic heterocycles. The van der Waals surface area contributed by atoms with Crippen LogP contribution in [0.5, 0.6) is 0 Å². The molecule has 130 valence electrons. The number of hydrogen-bond donors (Lipinski definition) is 0. The van der Waals surface area contributed by atoms with Crippen LogP contribution in [-0.2, 0) is 11.3 Å². The molecule has 7 heteroatoms. The number of aromatic nitrogens is 3. The summed E-state index contributed by atoms with van der Waals surface area (Å²) in [4.78, 5) is 15.7. The number of nitrogens with zero attached hydrogens (tertiary/aromatic N) is 4. The minimum Gasteiger partial charge on any atom is -0.341 e. The second-order valence-electron chi connectivity index (χ2n) is 6.56. The van der Waals surface area contributed by atoms with Crippen LogP contribution in [0.25, 0.3) is 10.7 Å². The molecule has 1 aliphatic heterocycles. The Kier molecular flexibility index (Phi) is 5.61. The molecule has 0 aliphatic carbocycles. The van der Waals surface area contributed by atoms with E-state index in [2.05, 4.69) is 41.6 Å². The van der Waals surface area contributed by atoms with Gasteiger partial charge in [0.15, 0.2) is 11.0 Å². The van der Waals surface area contributed by atoms with Gasteiger partial charge in [0.25, 0.3) is 0 Å². The number of thioether (sulfide) groups is 1. The third-order valence-corrected chi connectivity index (χ3v) is 6.14. The second-order valence-corrected chi connectivity index (χ2v) is 8.45. The topological polar surface area (TPSA) is 51.0 Å². The van der Waals surface area contributed by atoms with E-state index in [1.54, 1.807) is 11.3 Å². The summed E-state index contributed by atoms with van der Waals surface area (Å²) >= 11 is 3.16. The van der Waals surface area contributed by atoms with Gasteiger partial charge in [-0.05, 0) is 36.6 Å². The van der Waals surface area contributed by atoms with Crippen molar-refractivity contribution in [3.05, 3.63) is 17.5 Å². The lowest BCUT2D eigenvalue weighted by molar-refractivity contribution is -0.130. The van der Waals surface area contributed by atoms with Gasteiger partial charge in [0.1, 0.15) is 0 Å². The van der Waals surface area contributed by atoms with E-state index in [9.17, 15) is 4.79 Å². The number of rotatable bonds is 5. The maximum Gasteiger partial charge on any atom is 0.233 e. The summed E-state index contributed by atoms with van der Waals surface area (Å²) in [6.07, 6.45) is 1.21. The Morgan fingerprint density at radius 1 is 1.33 bits per heavy atom. The first-order chi connectivity index (χ1) is 11.6. The van der Waals surface area contributed by atoms with Crippen LogP contribution in [-0.4, -0.2) is 44.4 Å². The standard InChI is InChI=1S/C17H24N4OS2/c1-4-21-16(14-6-5-7-23-14)18-19-17(21)24-11-15(22)20-9-12(2)8-13(3)10-20/h5-7,12-13H,4,8-11H2,1-3H3/t12-,13-/m0/s1. The minimum absolute atomic E-state index is 0.210. The summed E-state index contributed by atoms with van der Waals surface area (Å²) in [5, 5.41) is 11.5. The molecule has 0 bridgehead atoms. The number of carbonyl (C=O) groups is 1. The van der Waals surface area contributed by atoms with E-state index in [0.717, 1.165) is 35.5 Å². The van der Waals surface area contributed by atoms with Crippen molar-refractivity contribution in [1.82, 2.24) is 19.7 Å². The quantitative estimate of drug-likeness (QED) is 0.760. The third-order valence-electron chi connectivity index (χ3n) is 4.32. The van der Waals surface area contributed by atoms with E-state index in [0.29, 0.717) is 17.6 Å². The SMILES string of the molecule is CCn1c(SCC(=O)N2C[C@@H](C)C[C@H](C)C2)nnc1-c1cccs1. The molecule has 1 saturated heterocycles. The molecule has 24 heavy (non-hydrogen) atoms. The molecule has 0 unspecified atom stereocenters. The summed E-state index contributed by atoms with van der Waals surface area (Å²) < 4.78 is 2.09. The first kappa shape index (κ1) is 17.5. The number of likely N-dealkylation sites (tertiary alicyclic amines) is 1. The number of carbonyl (C=O) groups excluding carboxylic acids is 1. The fraction of sp³-hybridized carbons (Fsp3) is 0.588. The van der Waals surface area contributed by atoms with Crippen molar-refractivity contribution in [2.24, 2.45) is 11.8 Å². The third kappa shape index (κ3) is 3.83. The predicted octanol–water partition coefficient (Wildman–Crippen LogP) is 3.62. The van der Waals surface area contributed by atoms with E-state index >= 15 is 0 Å². The van der Waals surface area contributed by atoms with Crippen molar-refractivity contribution in [3.63, 3.8) is 0 Å². The number of hydrogen-bond acceptors (Lipinski definition) is 5. The molecule has 5 nitrogen and oxygen atoms in total. The predicted molar refractivity (Wildman–Crippen MR) is 99.3 cm³/mol. The zero-order valence-electron chi connectivity index (χ0n) is 14.4. The van der Waals surface area contributed by atoms with Crippen molar-refractivity contribution in [2.45, 2.75) is 38.9 Å². The van der Waals surface area contributed by atoms with Crippen LogP contribution in [0.1, 0.15) is 27.2 Å². The van der Waals surface area contributed by atoms with Crippen LogP contribution in [0.2, 0.25) is 0 Å². The molecule has 3 rings (SSSR count). The minimum atomic E-state index is 0.210. The Bertz CT molecular complexity index is 673. The van der Waals surface area contributed by atoms with E-state index in [1.165, 1.54) is 18.2 Å². The molecule has 2 aromatic rings. The molecular formula is C17H24N4OS2. The molecule has 2 atom stereocenters. The molecular weight excluding hydrogens is 340 g/mol. The van der Waals surface area contributed by atoms with Crippen LogP contribution in [0, 0.1) is 11.8 Å². The Balaban J connectivity index is 1.65. The Labute approximate surface area is 151 Å². The number of thiophene rings is 1. The van der Waals surface area contributed by atoms with Crippen molar-refractivity contribution in [2.75, 3.05) is 18.8 Å². The zero-order valence-corrected chi connectivity index (χ0v) is 16.1. The Morgan fingerprint density at radius 2 is 2.08 bits per heavy atom. The molecule has 0 radical (unpaired) electrons. The molecule has 1 amide bonds. The van der Waals surface area contributed by atoms with E-state index in [-0.39, 0.29) is 5.91 Å². The summed E-state index contributed by atoms with van der Waals surface area (Å²) in [7, 11) is 0. The maximum atomic E-state index is 12.5. The van der Waals surface area contributed by atoms with Gasteiger partial charge in [-0.1, -0.05) is 31.7 Å². The van der Waals surface area contributed by atoms with Crippen molar-refractivity contribution < 1.29 is 4.79 Å². The highest BCUT2D eigenvalue weighted by Crippen LogP contribution is 2.28. The summed E-state index contributed by atoms with van der Waals surface area (Å²) in [5.74, 6) is 2.71.